The van der Waals surface area contributed by atoms with Gasteiger partial charge in [0.15, 0.2) is 0 Å². The maximum Gasteiger partial charge on any atom is 0.273 e. The van der Waals surface area contributed by atoms with Gasteiger partial charge in [-0.25, -0.2) is 0 Å². The summed E-state index contributed by atoms with van der Waals surface area (Å²) in [5.41, 5.74) is 5.04. The monoisotopic (exact) mass is 377 g/mol. The quantitative estimate of drug-likeness (QED) is 0.640. The second-order valence-electron chi connectivity index (χ2n) is 7.33. The Balaban J connectivity index is 1.96. The van der Waals surface area contributed by atoms with Crippen molar-refractivity contribution in [2.45, 2.75) is 33.2 Å². The number of phenols is 2. The number of fused-ring (bicyclic) bond motifs is 1. The molecule has 1 aliphatic heterocycles. The van der Waals surface area contributed by atoms with Crippen molar-refractivity contribution in [3.05, 3.63) is 64.3 Å². The fraction of sp³-hybridized carbons (Fsp3) is 0.273. The first-order chi connectivity index (χ1) is 13.4. The summed E-state index contributed by atoms with van der Waals surface area (Å²) >= 11 is 0. The Labute approximate surface area is 163 Å². The van der Waals surface area contributed by atoms with Crippen LogP contribution in [0.4, 0.5) is 0 Å². The highest BCUT2D eigenvalue weighted by Gasteiger charge is 2.42. The molecule has 0 radical (unpaired) electrons. The number of nitrogens with zero attached hydrogens (tertiary/aromatic N) is 2. The van der Waals surface area contributed by atoms with E-state index < -0.39 is 0 Å². The summed E-state index contributed by atoms with van der Waals surface area (Å²) < 4.78 is 0. The molecule has 6 heteroatoms. The highest BCUT2D eigenvalue weighted by molar-refractivity contribution is 6.00. The van der Waals surface area contributed by atoms with E-state index in [2.05, 4.69) is 10.2 Å². The van der Waals surface area contributed by atoms with Crippen LogP contribution in [0.15, 0.2) is 36.4 Å². The number of aromatic nitrogens is 2. The molecule has 4 rings (SSSR count). The summed E-state index contributed by atoms with van der Waals surface area (Å²) in [5.74, 6) is 0.172. The third-order valence-corrected chi connectivity index (χ3v) is 5.21. The molecule has 1 amide bonds. The van der Waals surface area contributed by atoms with E-state index in [1.807, 2.05) is 32.9 Å². The zero-order chi connectivity index (χ0) is 20.0. The highest BCUT2D eigenvalue weighted by atomic mass is 16.3. The maximum atomic E-state index is 13.1. The smallest absolute Gasteiger partial charge is 0.273 e. The van der Waals surface area contributed by atoms with E-state index in [1.54, 1.807) is 29.2 Å². The molecule has 28 heavy (non-hydrogen) atoms. The van der Waals surface area contributed by atoms with Crippen LogP contribution in [0.25, 0.3) is 11.3 Å². The van der Waals surface area contributed by atoms with Crippen molar-refractivity contribution in [3.63, 3.8) is 0 Å². The minimum absolute atomic E-state index is 0.117. The molecule has 6 nitrogen and oxygen atoms in total. The Morgan fingerprint density at radius 1 is 1.18 bits per heavy atom. The van der Waals surface area contributed by atoms with E-state index in [0.717, 1.165) is 28.7 Å². The molecule has 144 valence electrons. The second kappa shape index (κ2) is 6.71. The molecule has 1 atom stereocenters. The molecular weight excluding hydrogens is 354 g/mol. The number of carbonyl (C=O) groups is 1. The predicted molar refractivity (Wildman–Crippen MR) is 106 cm³/mol. The zero-order valence-corrected chi connectivity index (χ0v) is 16.2. The van der Waals surface area contributed by atoms with Gasteiger partial charge in [-0.2, -0.15) is 5.10 Å². The van der Waals surface area contributed by atoms with E-state index in [1.165, 1.54) is 0 Å². The predicted octanol–water partition coefficient (Wildman–Crippen LogP) is 4.06. The molecular formula is C22H23N3O3. The van der Waals surface area contributed by atoms with E-state index in [0.29, 0.717) is 23.5 Å². The van der Waals surface area contributed by atoms with Gasteiger partial charge in [0.25, 0.3) is 5.91 Å². The third-order valence-electron chi connectivity index (χ3n) is 5.21. The molecule has 0 aliphatic carbocycles. The lowest BCUT2D eigenvalue weighted by Gasteiger charge is -2.26. The van der Waals surface area contributed by atoms with Crippen LogP contribution in [0, 0.1) is 13.8 Å². The number of nitrogens with one attached hydrogen (secondary N) is 1. The Morgan fingerprint density at radius 2 is 1.96 bits per heavy atom. The summed E-state index contributed by atoms with van der Waals surface area (Å²) in [6, 6.07) is 10.3. The van der Waals surface area contributed by atoms with Crippen LogP contribution in [-0.4, -0.2) is 37.8 Å². The van der Waals surface area contributed by atoms with Gasteiger partial charge < -0.3 is 15.1 Å². The number of carbonyl (C=O) groups excluding carboxylic acids is 1. The van der Waals surface area contributed by atoms with Crippen molar-refractivity contribution < 1.29 is 15.0 Å². The summed E-state index contributed by atoms with van der Waals surface area (Å²) in [4.78, 5) is 14.8. The summed E-state index contributed by atoms with van der Waals surface area (Å²) in [6.45, 7) is 6.45. The van der Waals surface area contributed by atoms with Crippen LogP contribution in [0.3, 0.4) is 0 Å². The van der Waals surface area contributed by atoms with Crippen LogP contribution in [-0.2, 0) is 0 Å². The van der Waals surface area contributed by atoms with Crippen molar-refractivity contribution in [1.29, 1.82) is 0 Å². The number of aromatic hydroxyl groups is 2. The van der Waals surface area contributed by atoms with E-state index in [-0.39, 0.29) is 23.4 Å². The van der Waals surface area contributed by atoms with Crippen molar-refractivity contribution >= 4 is 5.91 Å². The van der Waals surface area contributed by atoms with Gasteiger partial charge in [0.05, 0.1) is 6.04 Å². The normalized spacial score (nSPS) is 15.9. The Bertz CT molecular complexity index is 1050. The lowest BCUT2D eigenvalue weighted by atomic mass is 9.93. The molecule has 2 heterocycles. The van der Waals surface area contributed by atoms with Gasteiger partial charge in [-0.05, 0) is 55.2 Å². The van der Waals surface area contributed by atoms with E-state index in [9.17, 15) is 15.0 Å². The minimum Gasteiger partial charge on any atom is -0.508 e. The zero-order valence-electron chi connectivity index (χ0n) is 16.2. The van der Waals surface area contributed by atoms with Gasteiger partial charge in [-0.15, -0.1) is 0 Å². The second-order valence-corrected chi connectivity index (χ2v) is 7.33. The SMILES string of the molecule is CCCN1C(=O)c2[nH]nc(-c3c(C)cc(C)cc3O)c2C1c1cccc(O)c1. The lowest BCUT2D eigenvalue weighted by molar-refractivity contribution is 0.0743. The van der Waals surface area contributed by atoms with Crippen LogP contribution < -0.4 is 0 Å². The Morgan fingerprint density at radius 3 is 2.64 bits per heavy atom. The molecule has 3 N–H and O–H groups in total. The number of benzene rings is 2. The first-order valence-electron chi connectivity index (χ1n) is 9.41. The number of rotatable bonds is 4. The number of hydrogen-bond acceptors (Lipinski definition) is 4. The molecule has 0 fully saturated rings. The molecule has 1 aromatic heterocycles. The van der Waals surface area contributed by atoms with Crippen molar-refractivity contribution in [2.75, 3.05) is 6.54 Å². The average molecular weight is 377 g/mol. The average Bonchev–Trinajstić information content (AvgIpc) is 3.15. The van der Waals surface area contributed by atoms with Crippen LogP contribution in [0.5, 0.6) is 11.5 Å². The van der Waals surface area contributed by atoms with E-state index >= 15 is 0 Å². The number of aryl methyl sites for hydroxylation is 2. The number of phenolic OH excluding ortho intramolecular Hbond substituents is 2. The topological polar surface area (TPSA) is 89.5 Å². The van der Waals surface area contributed by atoms with Crippen molar-refractivity contribution in [1.82, 2.24) is 15.1 Å². The van der Waals surface area contributed by atoms with Crippen LogP contribution >= 0.6 is 0 Å². The molecule has 0 saturated carbocycles. The summed E-state index contributed by atoms with van der Waals surface area (Å²) in [5, 5.41) is 27.9. The van der Waals surface area contributed by atoms with Gasteiger partial charge >= 0.3 is 0 Å². The summed E-state index contributed by atoms with van der Waals surface area (Å²) in [7, 11) is 0. The van der Waals surface area contributed by atoms with Gasteiger partial charge in [-0.3, -0.25) is 9.89 Å². The maximum absolute atomic E-state index is 13.1. The molecule has 0 bridgehead atoms. The number of amides is 1. The fourth-order valence-corrected chi connectivity index (χ4v) is 4.15. The minimum atomic E-state index is -0.372. The number of hydrogen-bond donors (Lipinski definition) is 3. The molecule has 0 saturated heterocycles. The highest BCUT2D eigenvalue weighted by Crippen LogP contribution is 2.45. The number of H-pyrrole nitrogens is 1. The molecule has 0 spiro atoms. The first kappa shape index (κ1) is 18.1. The fourth-order valence-electron chi connectivity index (χ4n) is 4.15. The summed E-state index contributed by atoms with van der Waals surface area (Å²) in [6.07, 6.45) is 0.808. The van der Waals surface area contributed by atoms with Gasteiger partial charge in [0.2, 0.25) is 0 Å². The van der Waals surface area contributed by atoms with Crippen LogP contribution in [0.1, 0.15) is 52.1 Å². The van der Waals surface area contributed by atoms with Gasteiger partial charge in [-0.1, -0.05) is 25.1 Å². The van der Waals surface area contributed by atoms with Crippen molar-refractivity contribution in [2.24, 2.45) is 0 Å². The standard InChI is InChI=1S/C22H23N3O3/c1-4-8-25-21(14-6-5-7-15(26)11-14)18-19(23-24-20(18)22(25)28)17-13(3)9-12(2)10-16(17)27/h5-7,9-11,21,26-27H,4,8H2,1-3H3,(H,23,24). The van der Waals surface area contributed by atoms with Crippen LogP contribution in [0.2, 0.25) is 0 Å². The Kier molecular flexibility index (Phi) is 4.34. The largest absolute Gasteiger partial charge is 0.508 e. The number of aromatic amines is 1. The third kappa shape index (κ3) is 2.72. The Hall–Kier alpha value is -3.28. The molecule has 1 aliphatic rings. The van der Waals surface area contributed by atoms with Gasteiger partial charge in [0, 0.05) is 17.7 Å². The van der Waals surface area contributed by atoms with Crippen molar-refractivity contribution in [3.8, 4) is 22.8 Å². The first-order valence-corrected chi connectivity index (χ1v) is 9.41. The molecule has 3 aromatic rings. The van der Waals surface area contributed by atoms with E-state index in [4.69, 9.17) is 0 Å². The molecule has 2 aromatic carbocycles. The lowest BCUT2D eigenvalue weighted by Crippen LogP contribution is -2.30. The molecule has 1 unspecified atom stereocenters. The van der Waals surface area contributed by atoms with Gasteiger partial charge in [0.1, 0.15) is 22.9 Å².